The predicted molar refractivity (Wildman–Crippen MR) is 80.5 cm³/mol. The average molecular weight is 283 g/mol. The molecule has 4 heteroatoms. The van der Waals surface area contributed by atoms with Gasteiger partial charge in [0, 0.05) is 13.1 Å². The predicted octanol–water partition coefficient (Wildman–Crippen LogP) is 2.46. The molecule has 0 saturated heterocycles. The van der Waals surface area contributed by atoms with Crippen molar-refractivity contribution in [3.63, 3.8) is 0 Å². The molecule has 1 amide bonds. The van der Waals surface area contributed by atoms with Crippen LogP contribution in [0.15, 0.2) is 30.3 Å². The first-order valence-electron chi connectivity index (χ1n) is 6.67. The number of halogens is 1. The number of benzene rings is 1. The number of nitrogens with two attached hydrogens (primary N) is 1. The monoisotopic (exact) mass is 282 g/mol. The lowest BCUT2D eigenvalue weighted by Crippen LogP contribution is -2.42. The molecule has 1 aliphatic carbocycles. The largest absolute Gasteiger partial charge is 0.355 e. The standard InChI is InChI=1S/C15H22N2O.ClH/c1-15(8-5-9-15)11-17-14(18)13(10-16)12-6-3-2-4-7-12;/h2-4,6-7,13H,5,8-11,16H2,1H3,(H,17,18);1H. The summed E-state index contributed by atoms with van der Waals surface area (Å²) in [6.07, 6.45) is 3.71. The van der Waals surface area contributed by atoms with Crippen LogP contribution in [0.2, 0.25) is 0 Å². The quantitative estimate of drug-likeness (QED) is 0.872. The van der Waals surface area contributed by atoms with Gasteiger partial charge in [0.15, 0.2) is 0 Å². The lowest BCUT2D eigenvalue weighted by molar-refractivity contribution is -0.123. The third-order valence-corrected chi connectivity index (χ3v) is 4.00. The fourth-order valence-corrected chi connectivity index (χ4v) is 2.46. The van der Waals surface area contributed by atoms with E-state index in [4.69, 9.17) is 5.73 Å². The smallest absolute Gasteiger partial charge is 0.228 e. The zero-order chi connectivity index (χ0) is 13.0. The second-order valence-corrected chi connectivity index (χ2v) is 5.58. The third kappa shape index (κ3) is 3.95. The number of hydrogen-bond donors (Lipinski definition) is 2. The maximum atomic E-state index is 12.2. The van der Waals surface area contributed by atoms with Crippen molar-refractivity contribution >= 4 is 18.3 Å². The van der Waals surface area contributed by atoms with E-state index in [0.717, 1.165) is 12.1 Å². The lowest BCUT2D eigenvalue weighted by Gasteiger charge is -2.38. The van der Waals surface area contributed by atoms with E-state index in [1.165, 1.54) is 19.3 Å². The van der Waals surface area contributed by atoms with E-state index in [1.807, 2.05) is 30.3 Å². The van der Waals surface area contributed by atoms with Crippen LogP contribution in [-0.2, 0) is 4.79 Å². The third-order valence-electron chi connectivity index (χ3n) is 4.00. The Hall–Kier alpha value is -1.06. The van der Waals surface area contributed by atoms with Gasteiger partial charge in [0.1, 0.15) is 0 Å². The van der Waals surface area contributed by atoms with Crippen molar-refractivity contribution in [1.82, 2.24) is 5.32 Å². The summed E-state index contributed by atoms with van der Waals surface area (Å²) in [6, 6.07) is 9.76. The van der Waals surface area contributed by atoms with Crippen LogP contribution < -0.4 is 11.1 Å². The molecule has 1 atom stereocenters. The minimum Gasteiger partial charge on any atom is -0.355 e. The Morgan fingerprint density at radius 2 is 2.00 bits per heavy atom. The highest BCUT2D eigenvalue weighted by Gasteiger charge is 2.32. The van der Waals surface area contributed by atoms with Gasteiger partial charge in [-0.1, -0.05) is 43.7 Å². The van der Waals surface area contributed by atoms with Gasteiger partial charge in [-0.05, 0) is 23.8 Å². The van der Waals surface area contributed by atoms with Crippen molar-refractivity contribution in [1.29, 1.82) is 0 Å². The maximum Gasteiger partial charge on any atom is 0.228 e. The molecule has 3 N–H and O–H groups in total. The van der Waals surface area contributed by atoms with Crippen molar-refractivity contribution < 1.29 is 4.79 Å². The number of hydrogen-bond acceptors (Lipinski definition) is 2. The second-order valence-electron chi connectivity index (χ2n) is 5.58. The Labute approximate surface area is 121 Å². The molecule has 1 aromatic carbocycles. The first-order valence-corrected chi connectivity index (χ1v) is 6.67. The summed E-state index contributed by atoms with van der Waals surface area (Å²) < 4.78 is 0. The average Bonchev–Trinajstić information content (AvgIpc) is 2.36. The number of rotatable bonds is 5. The molecule has 19 heavy (non-hydrogen) atoms. The summed E-state index contributed by atoms with van der Waals surface area (Å²) in [5.74, 6) is -0.174. The van der Waals surface area contributed by atoms with Gasteiger partial charge in [-0.2, -0.15) is 0 Å². The first-order chi connectivity index (χ1) is 8.64. The number of carbonyl (C=O) groups excluding carboxylic acids is 1. The topological polar surface area (TPSA) is 55.1 Å². The van der Waals surface area contributed by atoms with E-state index >= 15 is 0 Å². The molecular formula is C15H23ClN2O. The van der Waals surface area contributed by atoms with Gasteiger partial charge in [-0.15, -0.1) is 12.4 Å². The zero-order valence-corrected chi connectivity index (χ0v) is 12.2. The molecule has 0 bridgehead atoms. The van der Waals surface area contributed by atoms with Gasteiger partial charge in [0.25, 0.3) is 0 Å². The van der Waals surface area contributed by atoms with E-state index in [0.29, 0.717) is 12.0 Å². The van der Waals surface area contributed by atoms with E-state index in [-0.39, 0.29) is 24.2 Å². The highest BCUT2D eigenvalue weighted by atomic mass is 35.5. The summed E-state index contributed by atoms with van der Waals surface area (Å²) in [4.78, 5) is 12.2. The Bertz CT molecular complexity index is 404. The molecular weight excluding hydrogens is 260 g/mol. The van der Waals surface area contributed by atoms with E-state index in [9.17, 15) is 4.79 Å². The maximum absolute atomic E-state index is 12.2. The van der Waals surface area contributed by atoms with Crippen LogP contribution in [0.1, 0.15) is 37.7 Å². The molecule has 0 radical (unpaired) electrons. The summed E-state index contributed by atoms with van der Waals surface area (Å²) in [6.45, 7) is 3.36. The molecule has 0 spiro atoms. The molecule has 1 aliphatic rings. The van der Waals surface area contributed by atoms with E-state index in [1.54, 1.807) is 0 Å². The van der Waals surface area contributed by atoms with Crippen molar-refractivity contribution in [2.24, 2.45) is 11.1 Å². The Morgan fingerprint density at radius 3 is 2.47 bits per heavy atom. The van der Waals surface area contributed by atoms with Crippen LogP contribution in [-0.4, -0.2) is 19.0 Å². The van der Waals surface area contributed by atoms with Crippen molar-refractivity contribution in [2.75, 3.05) is 13.1 Å². The van der Waals surface area contributed by atoms with E-state index < -0.39 is 0 Å². The molecule has 0 heterocycles. The molecule has 0 aromatic heterocycles. The molecule has 1 fully saturated rings. The highest BCUT2D eigenvalue weighted by Crippen LogP contribution is 2.39. The summed E-state index contributed by atoms with van der Waals surface area (Å²) in [5.41, 5.74) is 7.04. The second kappa shape index (κ2) is 6.92. The summed E-state index contributed by atoms with van der Waals surface area (Å²) >= 11 is 0. The van der Waals surface area contributed by atoms with Gasteiger partial charge in [0.05, 0.1) is 5.92 Å². The van der Waals surface area contributed by atoms with Crippen molar-refractivity contribution in [3.05, 3.63) is 35.9 Å². The van der Waals surface area contributed by atoms with Gasteiger partial charge < -0.3 is 11.1 Å². The molecule has 1 saturated carbocycles. The number of amides is 1. The normalized spacial score (nSPS) is 17.8. The van der Waals surface area contributed by atoms with Crippen LogP contribution in [0.4, 0.5) is 0 Å². The lowest BCUT2D eigenvalue weighted by atomic mass is 9.70. The highest BCUT2D eigenvalue weighted by molar-refractivity contribution is 5.85. The fraction of sp³-hybridized carbons (Fsp3) is 0.533. The number of carbonyl (C=O) groups is 1. The number of nitrogens with one attached hydrogen (secondary N) is 1. The molecule has 106 valence electrons. The Kier molecular flexibility index (Phi) is 5.83. The Balaban J connectivity index is 0.00000180. The van der Waals surface area contributed by atoms with Gasteiger partial charge in [0.2, 0.25) is 5.91 Å². The minimum absolute atomic E-state index is 0. The molecule has 2 rings (SSSR count). The molecule has 3 nitrogen and oxygen atoms in total. The molecule has 1 unspecified atom stereocenters. The van der Waals surface area contributed by atoms with Gasteiger partial charge >= 0.3 is 0 Å². The molecule has 1 aromatic rings. The van der Waals surface area contributed by atoms with Gasteiger partial charge in [-0.3, -0.25) is 4.79 Å². The van der Waals surface area contributed by atoms with Crippen LogP contribution in [0.25, 0.3) is 0 Å². The van der Waals surface area contributed by atoms with Crippen LogP contribution >= 0.6 is 12.4 Å². The SMILES string of the molecule is CC1(CNC(=O)C(CN)c2ccccc2)CCC1.Cl. The summed E-state index contributed by atoms with van der Waals surface area (Å²) in [5, 5.41) is 3.06. The van der Waals surface area contributed by atoms with Crippen LogP contribution in [0.5, 0.6) is 0 Å². The minimum atomic E-state index is -0.227. The van der Waals surface area contributed by atoms with Crippen molar-refractivity contribution in [2.45, 2.75) is 32.1 Å². The van der Waals surface area contributed by atoms with Crippen LogP contribution in [0, 0.1) is 5.41 Å². The first kappa shape index (κ1) is 16.0. The fourth-order valence-electron chi connectivity index (χ4n) is 2.46. The van der Waals surface area contributed by atoms with Crippen molar-refractivity contribution in [3.8, 4) is 0 Å². The van der Waals surface area contributed by atoms with Gasteiger partial charge in [-0.25, -0.2) is 0 Å². The Morgan fingerprint density at radius 1 is 1.37 bits per heavy atom. The summed E-state index contributed by atoms with van der Waals surface area (Å²) in [7, 11) is 0. The zero-order valence-electron chi connectivity index (χ0n) is 11.4. The van der Waals surface area contributed by atoms with E-state index in [2.05, 4.69) is 12.2 Å². The van der Waals surface area contributed by atoms with Crippen LogP contribution in [0.3, 0.4) is 0 Å². The molecule has 0 aliphatic heterocycles.